The summed E-state index contributed by atoms with van der Waals surface area (Å²) in [7, 11) is 0. The first-order valence-corrected chi connectivity index (χ1v) is 16.1. The fourth-order valence-corrected chi connectivity index (χ4v) is 7.67. The van der Waals surface area contributed by atoms with Gasteiger partial charge in [-0.1, -0.05) is 165 Å². The Morgan fingerprint density at radius 1 is 0.404 bits per heavy atom. The first-order chi connectivity index (χ1) is 25.1. The first-order valence-electron chi connectivity index (χ1n) is 18.6. The Bertz CT molecular complexity index is 2730. The largest absolute Gasteiger partial charge is 0.0629 e. The molecule has 0 amide bonds. The Morgan fingerprint density at radius 3 is 1.62 bits per heavy atom. The molecule has 222 valence electrons. The van der Waals surface area contributed by atoms with Crippen molar-refractivity contribution < 1.29 is 6.85 Å². The van der Waals surface area contributed by atoms with E-state index in [0.29, 0.717) is 5.56 Å². The highest BCUT2D eigenvalue weighted by Crippen LogP contribution is 2.54. The molecule has 0 atom stereocenters. The normalized spacial score (nSPS) is 14.6. The molecule has 0 aliphatic heterocycles. The van der Waals surface area contributed by atoms with Gasteiger partial charge < -0.3 is 0 Å². The summed E-state index contributed by atoms with van der Waals surface area (Å²) in [6, 6.07) is 47.7. The van der Waals surface area contributed by atoms with E-state index in [-0.39, 0.29) is 41.2 Å². The topological polar surface area (TPSA) is 0 Å². The number of benzene rings is 8. The summed E-state index contributed by atoms with van der Waals surface area (Å²) in [4.78, 5) is 0. The highest BCUT2D eigenvalue weighted by atomic mass is 14.4. The van der Waals surface area contributed by atoms with Crippen LogP contribution in [0.25, 0.3) is 77.2 Å². The summed E-state index contributed by atoms with van der Waals surface area (Å²) in [6.45, 7) is 4.52. The molecular formula is C47H34. The third-order valence-corrected chi connectivity index (χ3v) is 9.93. The van der Waals surface area contributed by atoms with E-state index in [1.54, 1.807) is 0 Å². The predicted octanol–water partition coefficient (Wildman–Crippen LogP) is 13.0. The molecule has 0 radical (unpaired) electrons. The fraction of sp³-hybridized carbons (Fsp3) is 0.0638. The first kappa shape index (κ1) is 22.7. The Hall–Kier alpha value is -5.72. The summed E-state index contributed by atoms with van der Waals surface area (Å²) in [5.74, 6) is 0. The Labute approximate surface area is 283 Å². The van der Waals surface area contributed by atoms with Crippen molar-refractivity contribution in [3.8, 4) is 55.6 Å². The van der Waals surface area contributed by atoms with E-state index in [1.165, 1.54) is 22.3 Å². The van der Waals surface area contributed by atoms with Crippen LogP contribution in [0.1, 0.15) is 31.8 Å². The maximum absolute atomic E-state index is 8.94. The molecule has 0 bridgehead atoms. The molecule has 0 aromatic heterocycles. The Balaban J connectivity index is 1.25. The molecule has 0 nitrogen and oxygen atoms in total. The molecule has 0 saturated heterocycles. The molecular weight excluding hydrogens is 565 g/mol. The summed E-state index contributed by atoms with van der Waals surface area (Å²) in [5.41, 5.74) is 12.2. The monoisotopic (exact) mass is 603 g/mol. The van der Waals surface area contributed by atoms with Crippen LogP contribution in [-0.4, -0.2) is 0 Å². The lowest BCUT2D eigenvalue weighted by molar-refractivity contribution is 0.646. The molecule has 0 heterocycles. The zero-order valence-corrected chi connectivity index (χ0v) is 26.3. The van der Waals surface area contributed by atoms with E-state index in [1.807, 2.05) is 36.4 Å². The van der Waals surface area contributed by atoms with E-state index in [2.05, 4.69) is 117 Å². The second-order valence-corrected chi connectivity index (χ2v) is 12.9. The van der Waals surface area contributed by atoms with Crippen molar-refractivity contribution in [3.63, 3.8) is 0 Å². The standard InChI is InChI=1S/C47H34/c1-47(2)42-25-13-24-41-44(32-16-7-4-8-17-32)38-22-9-10-23-39(38)45(46(41)42)40-27-26-37(30-43(40)47)36-21-12-20-35(29-36)34-19-11-18-33(28-34)31-14-5-3-6-15-31/h3-30H,1-2H3/i4D,7D,8D,16D,17D. The van der Waals surface area contributed by atoms with Crippen LogP contribution in [0.15, 0.2) is 170 Å². The second kappa shape index (κ2) is 10.7. The Kier molecular flexibility index (Phi) is 5.17. The average Bonchev–Trinajstić information content (AvgIpc) is 3.19. The molecule has 0 heteroatoms. The highest BCUT2D eigenvalue weighted by molar-refractivity contribution is 6.23. The van der Waals surface area contributed by atoms with Crippen LogP contribution in [0.5, 0.6) is 0 Å². The molecule has 0 saturated carbocycles. The van der Waals surface area contributed by atoms with Gasteiger partial charge in [0.15, 0.2) is 0 Å². The molecule has 8 aromatic carbocycles. The molecule has 9 rings (SSSR count). The van der Waals surface area contributed by atoms with Gasteiger partial charge in [-0.3, -0.25) is 0 Å². The molecule has 0 N–H and O–H groups in total. The quantitative estimate of drug-likeness (QED) is 0.176. The predicted molar refractivity (Wildman–Crippen MR) is 201 cm³/mol. The molecule has 1 aliphatic carbocycles. The lowest BCUT2D eigenvalue weighted by Crippen LogP contribution is -2.24. The van der Waals surface area contributed by atoms with Crippen LogP contribution >= 0.6 is 0 Å². The molecule has 47 heavy (non-hydrogen) atoms. The molecule has 0 spiro atoms. The van der Waals surface area contributed by atoms with Gasteiger partial charge in [-0.2, -0.15) is 0 Å². The number of hydrogen-bond donors (Lipinski definition) is 0. The summed E-state index contributed by atoms with van der Waals surface area (Å²) in [6.07, 6.45) is 0. The maximum Gasteiger partial charge on any atom is 0.0629 e. The van der Waals surface area contributed by atoms with Gasteiger partial charge in [-0.15, -0.1) is 0 Å². The maximum atomic E-state index is 8.94. The Morgan fingerprint density at radius 2 is 0.936 bits per heavy atom. The van der Waals surface area contributed by atoms with Gasteiger partial charge in [0.25, 0.3) is 0 Å². The van der Waals surface area contributed by atoms with Gasteiger partial charge in [0.2, 0.25) is 0 Å². The van der Waals surface area contributed by atoms with Crippen molar-refractivity contribution in [1.82, 2.24) is 0 Å². The van der Waals surface area contributed by atoms with E-state index in [0.717, 1.165) is 54.9 Å². The van der Waals surface area contributed by atoms with Gasteiger partial charge in [0.1, 0.15) is 0 Å². The van der Waals surface area contributed by atoms with Crippen LogP contribution in [0.3, 0.4) is 0 Å². The van der Waals surface area contributed by atoms with Crippen LogP contribution in [0.4, 0.5) is 0 Å². The van der Waals surface area contributed by atoms with Gasteiger partial charge in [0, 0.05) is 5.41 Å². The minimum absolute atomic E-state index is 0.189. The summed E-state index contributed by atoms with van der Waals surface area (Å²) in [5, 5.41) is 3.81. The molecule has 0 unspecified atom stereocenters. The van der Waals surface area contributed by atoms with E-state index in [4.69, 9.17) is 6.85 Å². The highest BCUT2D eigenvalue weighted by Gasteiger charge is 2.35. The van der Waals surface area contributed by atoms with Gasteiger partial charge in [-0.05, 0) is 107 Å². The zero-order chi connectivity index (χ0) is 35.9. The van der Waals surface area contributed by atoms with E-state index in [9.17, 15) is 0 Å². The zero-order valence-electron chi connectivity index (χ0n) is 31.3. The van der Waals surface area contributed by atoms with Gasteiger partial charge >= 0.3 is 0 Å². The lowest BCUT2D eigenvalue weighted by atomic mass is 9.66. The minimum Gasteiger partial charge on any atom is -0.0622 e. The summed E-state index contributed by atoms with van der Waals surface area (Å²) < 4.78 is 43.1. The third-order valence-electron chi connectivity index (χ3n) is 9.93. The van der Waals surface area contributed by atoms with Crippen molar-refractivity contribution in [2.45, 2.75) is 19.3 Å². The summed E-state index contributed by atoms with van der Waals surface area (Å²) >= 11 is 0. The van der Waals surface area contributed by atoms with Crippen LogP contribution in [0.2, 0.25) is 0 Å². The molecule has 8 aromatic rings. The van der Waals surface area contributed by atoms with Crippen molar-refractivity contribution in [2.75, 3.05) is 0 Å². The lowest BCUT2D eigenvalue weighted by Gasteiger charge is -2.36. The van der Waals surface area contributed by atoms with Crippen LogP contribution in [0, 0.1) is 0 Å². The second-order valence-electron chi connectivity index (χ2n) is 12.9. The minimum atomic E-state index is -0.390. The van der Waals surface area contributed by atoms with Crippen molar-refractivity contribution >= 4 is 21.5 Å². The van der Waals surface area contributed by atoms with Gasteiger partial charge in [-0.25, -0.2) is 0 Å². The van der Waals surface area contributed by atoms with Crippen LogP contribution < -0.4 is 0 Å². The smallest absolute Gasteiger partial charge is 0.0622 e. The van der Waals surface area contributed by atoms with Gasteiger partial charge in [0.05, 0.1) is 6.85 Å². The van der Waals surface area contributed by atoms with E-state index >= 15 is 0 Å². The fourth-order valence-electron chi connectivity index (χ4n) is 7.67. The van der Waals surface area contributed by atoms with Crippen molar-refractivity contribution in [3.05, 3.63) is 181 Å². The van der Waals surface area contributed by atoms with Crippen molar-refractivity contribution in [1.29, 1.82) is 0 Å². The van der Waals surface area contributed by atoms with Crippen molar-refractivity contribution in [2.24, 2.45) is 0 Å². The number of fused-ring (bicyclic) bond motifs is 4. The molecule has 0 fully saturated rings. The van der Waals surface area contributed by atoms with Crippen LogP contribution in [-0.2, 0) is 5.41 Å². The SMILES string of the molecule is [2H]c1c([2H])c([2H])c(-c2c3ccccc3c3c4c(cccc24)C(C)(C)c2cc(-c4cccc(-c5cccc(-c6ccccc6)c5)c4)ccc2-3)c([2H])c1[2H]. The van der Waals surface area contributed by atoms with E-state index < -0.39 is 0 Å². The molecule has 1 aliphatic rings. The third kappa shape index (κ3) is 4.37. The average molecular weight is 604 g/mol. The number of rotatable bonds is 4. The number of hydrogen-bond acceptors (Lipinski definition) is 0.